The number of thiazole rings is 1. The predicted octanol–water partition coefficient (Wildman–Crippen LogP) is 6.94. The van der Waals surface area contributed by atoms with Crippen LogP contribution in [0.3, 0.4) is 0 Å². The number of aromatic nitrogens is 4. The number of hydrogen-bond donors (Lipinski definition) is 1. The highest BCUT2D eigenvalue weighted by Crippen LogP contribution is 2.43. The van der Waals surface area contributed by atoms with Crippen LogP contribution in [0.25, 0.3) is 32.4 Å². The zero-order chi connectivity index (χ0) is 22.6. The van der Waals surface area contributed by atoms with Crippen LogP contribution in [0.5, 0.6) is 0 Å². The van der Waals surface area contributed by atoms with Crippen molar-refractivity contribution < 1.29 is 13.2 Å². The third-order valence-corrected chi connectivity index (χ3v) is 6.74. The smallest absolute Gasteiger partial charge is 0.340 e. The Kier molecular flexibility index (Phi) is 4.55. The van der Waals surface area contributed by atoms with E-state index in [-0.39, 0.29) is 5.56 Å². The minimum Gasteiger partial charge on any atom is -0.340 e. The zero-order valence-corrected chi connectivity index (χ0v) is 17.9. The van der Waals surface area contributed by atoms with E-state index in [4.69, 9.17) is 4.98 Å². The summed E-state index contributed by atoms with van der Waals surface area (Å²) in [5.74, 6) is 1.10. The molecule has 0 aliphatic heterocycles. The monoisotopic (exact) mass is 463 g/mol. The van der Waals surface area contributed by atoms with Crippen LogP contribution in [0.2, 0.25) is 0 Å². The second kappa shape index (κ2) is 7.48. The maximum atomic E-state index is 13.2. The first-order valence-corrected chi connectivity index (χ1v) is 11.2. The van der Waals surface area contributed by atoms with Gasteiger partial charge in [0.25, 0.3) is 0 Å². The van der Waals surface area contributed by atoms with Crippen LogP contribution in [0.4, 0.5) is 24.7 Å². The first-order valence-electron chi connectivity index (χ1n) is 10.4. The first kappa shape index (κ1) is 20.0. The number of pyridine rings is 3. The van der Waals surface area contributed by atoms with E-state index in [0.717, 1.165) is 33.6 Å². The summed E-state index contributed by atoms with van der Waals surface area (Å²) in [5, 5.41) is 5.28. The Bertz CT molecular complexity index is 1510. The fraction of sp³-hybridized carbons (Fsp3) is 0.167. The fourth-order valence-electron chi connectivity index (χ4n) is 3.72. The van der Waals surface area contributed by atoms with E-state index in [0.29, 0.717) is 22.9 Å². The molecule has 4 heterocycles. The van der Waals surface area contributed by atoms with Gasteiger partial charge in [0.1, 0.15) is 5.82 Å². The van der Waals surface area contributed by atoms with Crippen molar-refractivity contribution in [2.75, 3.05) is 5.32 Å². The normalized spacial score (nSPS) is 14.2. The van der Waals surface area contributed by atoms with Crippen LogP contribution in [-0.4, -0.2) is 19.9 Å². The lowest BCUT2D eigenvalue weighted by molar-refractivity contribution is -0.137. The summed E-state index contributed by atoms with van der Waals surface area (Å²) < 4.78 is 40.7. The number of nitrogens with one attached hydrogen (secondary N) is 1. The molecule has 1 aliphatic rings. The van der Waals surface area contributed by atoms with Gasteiger partial charge >= 0.3 is 6.18 Å². The number of anilines is 2. The van der Waals surface area contributed by atoms with Crippen molar-refractivity contribution in [2.24, 2.45) is 0 Å². The minimum absolute atomic E-state index is 0.271. The molecule has 0 bridgehead atoms. The highest BCUT2D eigenvalue weighted by Gasteiger charge is 2.31. The van der Waals surface area contributed by atoms with Crippen LogP contribution >= 0.6 is 11.3 Å². The lowest BCUT2D eigenvalue weighted by atomic mass is 10.1. The molecule has 0 amide bonds. The van der Waals surface area contributed by atoms with Gasteiger partial charge in [0.05, 0.1) is 32.0 Å². The molecular weight excluding hydrogens is 447 g/mol. The number of hydrogen-bond acceptors (Lipinski definition) is 6. The third kappa shape index (κ3) is 3.89. The quantitative estimate of drug-likeness (QED) is 0.313. The topological polar surface area (TPSA) is 63.6 Å². The lowest BCUT2D eigenvalue weighted by Gasteiger charge is -2.12. The summed E-state index contributed by atoms with van der Waals surface area (Å²) in [6.07, 6.45) is 1.74. The number of alkyl halides is 3. The Morgan fingerprint density at radius 2 is 1.85 bits per heavy atom. The van der Waals surface area contributed by atoms with Gasteiger partial charge in [-0.05, 0) is 55.3 Å². The van der Waals surface area contributed by atoms with Crippen molar-refractivity contribution in [3.8, 4) is 11.3 Å². The van der Waals surface area contributed by atoms with Gasteiger partial charge < -0.3 is 5.32 Å². The van der Waals surface area contributed by atoms with Crippen LogP contribution in [-0.2, 0) is 6.18 Å². The maximum Gasteiger partial charge on any atom is 0.417 e. The Balaban J connectivity index is 1.42. The Morgan fingerprint density at radius 1 is 0.970 bits per heavy atom. The summed E-state index contributed by atoms with van der Waals surface area (Å²) in [5.41, 5.74) is 2.22. The van der Waals surface area contributed by atoms with Crippen molar-refractivity contribution in [3.05, 3.63) is 71.6 Å². The van der Waals surface area contributed by atoms with E-state index in [9.17, 15) is 13.2 Å². The highest BCUT2D eigenvalue weighted by atomic mass is 32.1. The van der Waals surface area contributed by atoms with Crippen LogP contribution < -0.4 is 5.32 Å². The molecule has 33 heavy (non-hydrogen) atoms. The molecule has 0 spiro atoms. The summed E-state index contributed by atoms with van der Waals surface area (Å²) in [6, 6.07) is 12.3. The van der Waals surface area contributed by atoms with E-state index >= 15 is 0 Å². The number of rotatable bonds is 4. The van der Waals surface area contributed by atoms with Crippen LogP contribution in [0.1, 0.15) is 29.3 Å². The molecule has 1 N–H and O–H groups in total. The van der Waals surface area contributed by atoms with E-state index in [1.807, 2.05) is 24.3 Å². The molecule has 0 saturated heterocycles. The molecule has 1 saturated carbocycles. The molecule has 4 aromatic heterocycles. The Labute approximate surface area is 190 Å². The third-order valence-electron chi connectivity index (χ3n) is 5.55. The molecule has 0 radical (unpaired) electrons. The van der Waals surface area contributed by atoms with E-state index < -0.39 is 11.7 Å². The molecule has 0 atom stereocenters. The molecule has 0 unspecified atom stereocenters. The van der Waals surface area contributed by atoms with Crippen molar-refractivity contribution in [1.29, 1.82) is 0 Å². The highest BCUT2D eigenvalue weighted by molar-refractivity contribution is 7.18. The summed E-state index contributed by atoms with van der Waals surface area (Å²) in [7, 11) is 0. The number of benzene rings is 1. The average molecular weight is 463 g/mol. The van der Waals surface area contributed by atoms with Gasteiger partial charge in [-0.2, -0.15) is 13.2 Å². The van der Waals surface area contributed by atoms with Crippen molar-refractivity contribution in [1.82, 2.24) is 19.9 Å². The zero-order valence-electron chi connectivity index (χ0n) is 17.1. The van der Waals surface area contributed by atoms with E-state index in [1.54, 1.807) is 29.7 Å². The molecule has 9 heteroatoms. The van der Waals surface area contributed by atoms with Crippen LogP contribution in [0.15, 0.2) is 61.1 Å². The second-order valence-electron chi connectivity index (χ2n) is 8.02. The van der Waals surface area contributed by atoms with Gasteiger partial charge in [0, 0.05) is 41.1 Å². The first-order chi connectivity index (χ1) is 15.9. The largest absolute Gasteiger partial charge is 0.417 e. The van der Waals surface area contributed by atoms with Crippen molar-refractivity contribution in [2.45, 2.75) is 24.9 Å². The molecule has 6 rings (SSSR count). The average Bonchev–Trinajstić information content (AvgIpc) is 3.58. The van der Waals surface area contributed by atoms with E-state index in [2.05, 4.69) is 20.3 Å². The predicted molar refractivity (Wildman–Crippen MR) is 123 cm³/mol. The van der Waals surface area contributed by atoms with Crippen molar-refractivity contribution in [3.63, 3.8) is 0 Å². The van der Waals surface area contributed by atoms with Gasteiger partial charge in [0.2, 0.25) is 0 Å². The molecule has 1 fully saturated rings. The van der Waals surface area contributed by atoms with Gasteiger partial charge in [-0.15, -0.1) is 11.3 Å². The Morgan fingerprint density at radius 3 is 2.67 bits per heavy atom. The summed E-state index contributed by atoms with van der Waals surface area (Å²) >= 11 is 1.70. The molecule has 164 valence electrons. The molecule has 1 aromatic carbocycles. The summed E-state index contributed by atoms with van der Waals surface area (Å²) in [4.78, 5) is 17.5. The van der Waals surface area contributed by atoms with Gasteiger partial charge in [-0.1, -0.05) is 0 Å². The van der Waals surface area contributed by atoms with Gasteiger partial charge in [0.15, 0.2) is 0 Å². The number of halogens is 3. The fourth-order valence-corrected chi connectivity index (χ4v) is 4.89. The second-order valence-corrected chi connectivity index (χ2v) is 9.08. The van der Waals surface area contributed by atoms with E-state index in [1.165, 1.54) is 24.0 Å². The number of fused-ring (bicyclic) bond motifs is 2. The maximum absolute atomic E-state index is 13.2. The van der Waals surface area contributed by atoms with Gasteiger partial charge in [-0.3, -0.25) is 9.97 Å². The van der Waals surface area contributed by atoms with Crippen LogP contribution in [0, 0.1) is 0 Å². The standard InChI is InChI=1S/C24H16F3N5S/c25-24(26,27)15-8-14(11-28-12-15)19-10-20-17(2-1-7-29-20)22(31-19)30-16-5-6-18-21(9-16)33-23(32-18)13-3-4-13/h1-2,5-13H,3-4H2,(H,30,31). The Hall–Kier alpha value is -3.59. The number of nitrogens with zero attached hydrogens (tertiary/aromatic N) is 4. The molecular formula is C24H16F3N5S. The van der Waals surface area contributed by atoms with Gasteiger partial charge in [-0.25, -0.2) is 9.97 Å². The molecule has 1 aliphatic carbocycles. The lowest BCUT2D eigenvalue weighted by Crippen LogP contribution is -2.06. The minimum atomic E-state index is -4.48. The summed E-state index contributed by atoms with van der Waals surface area (Å²) in [6.45, 7) is 0. The SMILES string of the molecule is FC(F)(F)c1cncc(-c2cc3ncccc3c(Nc3ccc4nc(C5CC5)sc4c3)n2)c1. The molecule has 5 nitrogen and oxygen atoms in total. The van der Waals surface area contributed by atoms with Crippen molar-refractivity contribution >= 4 is 44.0 Å². The molecule has 5 aromatic rings.